The number of nitrogens with zero attached hydrogens (tertiary/aromatic N) is 5. The van der Waals surface area contributed by atoms with Gasteiger partial charge in [0.1, 0.15) is 5.52 Å². The summed E-state index contributed by atoms with van der Waals surface area (Å²) >= 11 is 1.43. The van der Waals surface area contributed by atoms with Crippen molar-refractivity contribution in [1.82, 2.24) is 29.7 Å². The lowest BCUT2D eigenvalue weighted by atomic mass is 10.2. The van der Waals surface area contributed by atoms with E-state index in [0.717, 1.165) is 41.2 Å². The molecule has 0 unspecified atom stereocenters. The number of nitrogens with one attached hydrogen (secondary N) is 3. The fourth-order valence-corrected chi connectivity index (χ4v) is 5.07. The molecule has 35 heavy (non-hydrogen) atoms. The van der Waals surface area contributed by atoms with Crippen LogP contribution in [0.1, 0.15) is 25.5 Å². The number of carbonyl (C=O) groups is 1. The fraction of sp³-hybridized carbons (Fsp3) is 0.333. The van der Waals surface area contributed by atoms with Crippen LogP contribution >= 0.6 is 11.8 Å². The van der Waals surface area contributed by atoms with Crippen molar-refractivity contribution in [3.63, 3.8) is 0 Å². The Hall–Kier alpha value is -3.41. The van der Waals surface area contributed by atoms with Crippen molar-refractivity contribution in [1.29, 1.82) is 0 Å². The van der Waals surface area contributed by atoms with Gasteiger partial charge in [-0.1, -0.05) is 0 Å². The maximum absolute atomic E-state index is 12.7. The van der Waals surface area contributed by atoms with Crippen molar-refractivity contribution < 1.29 is 9.90 Å². The summed E-state index contributed by atoms with van der Waals surface area (Å²) in [5.74, 6) is 1.28. The zero-order chi connectivity index (χ0) is 24.4. The first-order valence-corrected chi connectivity index (χ1v) is 12.4. The number of fused-ring (bicyclic) bond motifs is 1. The van der Waals surface area contributed by atoms with Crippen LogP contribution in [0, 0.1) is 6.92 Å². The van der Waals surface area contributed by atoms with Crippen LogP contribution in [0.4, 0.5) is 17.3 Å². The number of amides is 1. The van der Waals surface area contributed by atoms with E-state index in [1.165, 1.54) is 11.8 Å². The maximum Gasteiger partial charge on any atom is 0.241 e. The minimum atomic E-state index is -0.297. The van der Waals surface area contributed by atoms with Gasteiger partial charge in [0, 0.05) is 34.6 Å². The lowest BCUT2D eigenvalue weighted by Gasteiger charge is -2.28. The van der Waals surface area contributed by atoms with Crippen LogP contribution in [-0.2, 0) is 4.79 Å². The molecular formula is C24H28N8O2S. The Morgan fingerprint density at radius 1 is 1.31 bits per heavy atom. The van der Waals surface area contributed by atoms with E-state index in [2.05, 4.69) is 30.8 Å². The van der Waals surface area contributed by atoms with E-state index in [0.29, 0.717) is 16.8 Å². The molecule has 182 valence electrons. The number of rotatable bonds is 8. The molecule has 1 aromatic carbocycles. The van der Waals surface area contributed by atoms with Gasteiger partial charge in [0.05, 0.1) is 12.6 Å². The largest absolute Gasteiger partial charge is 0.395 e. The van der Waals surface area contributed by atoms with Crippen LogP contribution in [0.3, 0.4) is 0 Å². The van der Waals surface area contributed by atoms with Gasteiger partial charge < -0.3 is 15.7 Å². The Labute approximate surface area is 207 Å². The Morgan fingerprint density at radius 2 is 2.14 bits per heavy atom. The van der Waals surface area contributed by atoms with Crippen LogP contribution in [0.2, 0.25) is 0 Å². The highest BCUT2D eigenvalue weighted by molar-refractivity contribution is 7.99. The van der Waals surface area contributed by atoms with E-state index >= 15 is 0 Å². The van der Waals surface area contributed by atoms with Crippen molar-refractivity contribution in [3.05, 3.63) is 54.4 Å². The van der Waals surface area contributed by atoms with E-state index in [1.54, 1.807) is 4.52 Å². The molecule has 1 aliphatic heterocycles. The normalized spacial score (nSPS) is 17.1. The number of benzene rings is 1. The van der Waals surface area contributed by atoms with Crippen molar-refractivity contribution in [3.8, 4) is 0 Å². The van der Waals surface area contributed by atoms with Gasteiger partial charge in [-0.3, -0.25) is 14.8 Å². The average Bonchev–Trinajstić information content (AvgIpc) is 3.60. The maximum atomic E-state index is 12.7. The van der Waals surface area contributed by atoms with Crippen molar-refractivity contribution in [2.75, 3.05) is 23.8 Å². The molecule has 4 N–H and O–H groups in total. The highest BCUT2D eigenvalue weighted by Crippen LogP contribution is 2.29. The molecule has 1 fully saturated rings. The van der Waals surface area contributed by atoms with Crippen LogP contribution in [0.25, 0.3) is 5.52 Å². The van der Waals surface area contributed by atoms with E-state index < -0.39 is 0 Å². The number of H-pyrrole nitrogens is 1. The molecule has 4 aromatic rings. The van der Waals surface area contributed by atoms with E-state index in [4.69, 9.17) is 4.98 Å². The lowest BCUT2D eigenvalue weighted by molar-refractivity contribution is -0.121. The molecule has 1 saturated heterocycles. The van der Waals surface area contributed by atoms with E-state index in [9.17, 15) is 9.90 Å². The van der Waals surface area contributed by atoms with Gasteiger partial charge in [0.2, 0.25) is 11.1 Å². The molecule has 10 nitrogen and oxygen atoms in total. The van der Waals surface area contributed by atoms with Crippen molar-refractivity contribution in [2.24, 2.45) is 0 Å². The second-order valence-electron chi connectivity index (χ2n) is 8.65. The number of likely N-dealkylation sites (tertiary alicyclic amines) is 1. The first-order valence-electron chi connectivity index (χ1n) is 11.6. The van der Waals surface area contributed by atoms with Gasteiger partial charge >= 0.3 is 0 Å². The van der Waals surface area contributed by atoms with Gasteiger partial charge in [0.25, 0.3) is 0 Å². The molecule has 2 atom stereocenters. The summed E-state index contributed by atoms with van der Waals surface area (Å²) in [5.41, 5.74) is 2.53. The fourth-order valence-electron chi connectivity index (χ4n) is 4.33. The third-order valence-corrected chi connectivity index (χ3v) is 7.03. The molecule has 0 saturated carbocycles. The number of aliphatic hydroxyl groups excluding tert-OH is 1. The second-order valence-corrected chi connectivity index (χ2v) is 9.69. The third-order valence-electron chi connectivity index (χ3n) is 6.17. The topological polar surface area (TPSA) is 123 Å². The summed E-state index contributed by atoms with van der Waals surface area (Å²) in [5, 5.41) is 28.1. The minimum Gasteiger partial charge on any atom is -0.395 e. The standard InChI is InChI=1S/C24H28N8O2S/c1-15-13-21(29-28-15)26-22-20-6-4-12-32(20)30-24(27-22)35-19-9-7-17(8-10-19)25-23(34)16(2)31-11-3-5-18(31)14-33/h4,6-10,12-13,16,18,33H,3,5,11,14H2,1-2H3,(H,25,34)(H2,26,27,28,29,30)/t16-,18-/m1/s1. The number of carbonyl (C=O) groups excluding carboxylic acids is 1. The number of aromatic amines is 1. The first kappa shape index (κ1) is 23.3. The van der Waals surface area contributed by atoms with Crippen LogP contribution in [-0.4, -0.2) is 65.9 Å². The number of aryl methyl sites for hydroxylation is 1. The number of aliphatic hydroxyl groups is 1. The van der Waals surface area contributed by atoms with Gasteiger partial charge in [-0.05, 0) is 81.4 Å². The lowest BCUT2D eigenvalue weighted by Crippen LogP contribution is -2.45. The Bertz CT molecular complexity index is 1320. The Kier molecular flexibility index (Phi) is 6.71. The molecule has 3 aromatic heterocycles. The number of aromatic nitrogens is 5. The summed E-state index contributed by atoms with van der Waals surface area (Å²) in [6.45, 7) is 4.74. The highest BCUT2D eigenvalue weighted by Gasteiger charge is 2.31. The molecule has 0 spiro atoms. The summed E-state index contributed by atoms with van der Waals surface area (Å²) < 4.78 is 1.78. The van der Waals surface area contributed by atoms with Crippen LogP contribution in [0.15, 0.2) is 58.7 Å². The molecule has 5 rings (SSSR count). The average molecular weight is 493 g/mol. The highest BCUT2D eigenvalue weighted by atomic mass is 32.2. The minimum absolute atomic E-state index is 0.0589. The smallest absolute Gasteiger partial charge is 0.241 e. The predicted octanol–water partition coefficient (Wildman–Crippen LogP) is 3.44. The summed E-state index contributed by atoms with van der Waals surface area (Å²) in [6.07, 6.45) is 3.81. The van der Waals surface area contributed by atoms with E-state index in [1.807, 2.05) is 62.5 Å². The molecule has 0 bridgehead atoms. The molecule has 1 aliphatic rings. The quantitative estimate of drug-likeness (QED) is 0.295. The third kappa shape index (κ3) is 5.16. The Morgan fingerprint density at radius 3 is 2.89 bits per heavy atom. The molecular weight excluding hydrogens is 464 g/mol. The number of hydrogen-bond acceptors (Lipinski definition) is 8. The van der Waals surface area contributed by atoms with Crippen LogP contribution < -0.4 is 10.6 Å². The molecule has 0 radical (unpaired) electrons. The van der Waals surface area contributed by atoms with Gasteiger partial charge in [-0.2, -0.15) is 5.10 Å². The summed E-state index contributed by atoms with van der Waals surface area (Å²) in [6, 6.07) is 13.2. The van der Waals surface area contributed by atoms with E-state index in [-0.39, 0.29) is 24.6 Å². The second kappa shape index (κ2) is 10.1. The predicted molar refractivity (Wildman–Crippen MR) is 135 cm³/mol. The number of anilines is 3. The molecule has 4 heterocycles. The van der Waals surface area contributed by atoms with Crippen molar-refractivity contribution in [2.45, 2.75) is 48.8 Å². The van der Waals surface area contributed by atoms with Gasteiger partial charge in [-0.25, -0.2) is 9.50 Å². The van der Waals surface area contributed by atoms with Crippen molar-refractivity contribution >= 4 is 40.5 Å². The Balaban J connectivity index is 1.27. The SMILES string of the molecule is Cc1cc(Nc2nc(Sc3ccc(NC(=O)[C@@H](C)N4CCC[C@@H]4CO)cc3)nn3cccc23)n[nH]1. The number of hydrogen-bond donors (Lipinski definition) is 4. The molecule has 1 amide bonds. The molecule has 11 heteroatoms. The van der Waals surface area contributed by atoms with Gasteiger partial charge in [-0.15, -0.1) is 5.10 Å². The zero-order valence-electron chi connectivity index (χ0n) is 19.6. The first-order chi connectivity index (χ1) is 17.0. The molecule has 0 aliphatic carbocycles. The monoisotopic (exact) mass is 492 g/mol. The van der Waals surface area contributed by atoms with Gasteiger partial charge in [0.15, 0.2) is 11.6 Å². The zero-order valence-corrected chi connectivity index (χ0v) is 20.4. The summed E-state index contributed by atoms with van der Waals surface area (Å²) in [4.78, 5) is 20.5. The van der Waals surface area contributed by atoms with Crippen LogP contribution in [0.5, 0.6) is 0 Å². The summed E-state index contributed by atoms with van der Waals surface area (Å²) in [7, 11) is 0.